The van der Waals surface area contributed by atoms with Gasteiger partial charge in [-0.1, -0.05) is 6.92 Å². The first-order valence-corrected chi connectivity index (χ1v) is 5.69. The van der Waals surface area contributed by atoms with Crippen LogP contribution >= 0.6 is 11.8 Å². The Morgan fingerprint density at radius 2 is 2.00 bits per heavy atom. The molecular weight excluding hydrogens is 194 g/mol. The largest absolute Gasteiger partial charge is 0.497 e. The summed E-state index contributed by atoms with van der Waals surface area (Å²) in [4.78, 5) is 1.25. The number of ether oxygens (including phenoxy) is 1. The molecule has 0 aliphatic rings. The Kier molecular flexibility index (Phi) is 4.84. The van der Waals surface area contributed by atoms with E-state index in [4.69, 9.17) is 10.5 Å². The summed E-state index contributed by atoms with van der Waals surface area (Å²) in [5.41, 5.74) is 5.64. The Bertz CT molecular complexity index is 256. The molecule has 0 aliphatic heterocycles. The van der Waals surface area contributed by atoms with E-state index >= 15 is 0 Å². The number of hydrogen-bond donors (Lipinski definition) is 1. The number of nitrogens with two attached hydrogens (primary N) is 1. The third-order valence-corrected chi connectivity index (χ3v) is 3.48. The minimum atomic E-state index is 0.517. The Morgan fingerprint density at radius 1 is 1.36 bits per heavy atom. The monoisotopic (exact) mass is 211 g/mol. The van der Waals surface area contributed by atoms with Gasteiger partial charge in [0.25, 0.3) is 0 Å². The minimum Gasteiger partial charge on any atom is -0.497 e. The highest BCUT2D eigenvalue weighted by atomic mass is 32.2. The molecule has 0 fully saturated rings. The van der Waals surface area contributed by atoms with Gasteiger partial charge in [0, 0.05) is 16.7 Å². The zero-order valence-electron chi connectivity index (χ0n) is 8.69. The topological polar surface area (TPSA) is 35.2 Å². The maximum Gasteiger partial charge on any atom is 0.118 e. The summed E-state index contributed by atoms with van der Waals surface area (Å²) in [5.74, 6) is 0.898. The first-order valence-electron chi connectivity index (χ1n) is 4.81. The van der Waals surface area contributed by atoms with Crippen molar-refractivity contribution in [3.8, 4) is 5.75 Å². The van der Waals surface area contributed by atoms with Crippen molar-refractivity contribution < 1.29 is 4.74 Å². The highest BCUT2D eigenvalue weighted by Gasteiger charge is 2.05. The van der Waals surface area contributed by atoms with Gasteiger partial charge in [0.15, 0.2) is 0 Å². The molecule has 1 aromatic carbocycles. The van der Waals surface area contributed by atoms with Crippen LogP contribution in [0.3, 0.4) is 0 Å². The highest BCUT2D eigenvalue weighted by Crippen LogP contribution is 2.26. The smallest absolute Gasteiger partial charge is 0.118 e. The lowest BCUT2D eigenvalue weighted by Crippen LogP contribution is -2.15. The van der Waals surface area contributed by atoms with Gasteiger partial charge in [-0.2, -0.15) is 0 Å². The Labute approximate surface area is 89.8 Å². The summed E-state index contributed by atoms with van der Waals surface area (Å²) in [6.45, 7) is 2.89. The van der Waals surface area contributed by atoms with Gasteiger partial charge in [0.05, 0.1) is 7.11 Å². The molecule has 2 nitrogen and oxygen atoms in total. The molecule has 0 saturated heterocycles. The van der Waals surface area contributed by atoms with E-state index in [2.05, 4.69) is 19.1 Å². The number of thioether (sulfide) groups is 1. The van der Waals surface area contributed by atoms with Crippen LogP contribution in [-0.2, 0) is 0 Å². The molecule has 78 valence electrons. The van der Waals surface area contributed by atoms with Crippen molar-refractivity contribution in [2.45, 2.75) is 23.5 Å². The van der Waals surface area contributed by atoms with E-state index in [1.807, 2.05) is 23.9 Å². The molecule has 0 radical (unpaired) electrons. The van der Waals surface area contributed by atoms with Crippen LogP contribution in [0.25, 0.3) is 0 Å². The molecule has 1 unspecified atom stereocenters. The average Bonchev–Trinajstić information content (AvgIpc) is 2.26. The molecule has 0 heterocycles. The summed E-state index contributed by atoms with van der Waals surface area (Å²) in [6.07, 6.45) is 1.10. The first kappa shape index (κ1) is 11.4. The van der Waals surface area contributed by atoms with E-state index in [1.165, 1.54) is 4.90 Å². The van der Waals surface area contributed by atoms with Gasteiger partial charge in [0.1, 0.15) is 5.75 Å². The predicted octanol–water partition coefficient (Wildman–Crippen LogP) is 2.52. The van der Waals surface area contributed by atoms with Crippen molar-refractivity contribution in [3.63, 3.8) is 0 Å². The molecule has 0 amide bonds. The molecule has 0 aliphatic carbocycles. The van der Waals surface area contributed by atoms with Crippen molar-refractivity contribution in [1.29, 1.82) is 0 Å². The normalized spacial score (nSPS) is 12.5. The third kappa shape index (κ3) is 3.24. The molecule has 0 spiro atoms. The van der Waals surface area contributed by atoms with Crippen LogP contribution in [0.15, 0.2) is 29.2 Å². The molecule has 1 aromatic rings. The van der Waals surface area contributed by atoms with Gasteiger partial charge in [-0.25, -0.2) is 0 Å². The van der Waals surface area contributed by atoms with Crippen molar-refractivity contribution in [2.75, 3.05) is 13.7 Å². The van der Waals surface area contributed by atoms with Crippen LogP contribution in [0.2, 0.25) is 0 Å². The van der Waals surface area contributed by atoms with Gasteiger partial charge in [-0.3, -0.25) is 0 Å². The van der Waals surface area contributed by atoms with Crippen molar-refractivity contribution >= 4 is 11.8 Å². The van der Waals surface area contributed by atoms with Crippen LogP contribution in [0.1, 0.15) is 13.3 Å². The fourth-order valence-electron chi connectivity index (χ4n) is 1.14. The van der Waals surface area contributed by atoms with Gasteiger partial charge in [-0.05, 0) is 30.7 Å². The lowest BCUT2D eigenvalue weighted by Gasteiger charge is -2.11. The number of methoxy groups -OCH3 is 1. The van der Waals surface area contributed by atoms with Crippen LogP contribution in [-0.4, -0.2) is 18.9 Å². The number of hydrogen-bond acceptors (Lipinski definition) is 3. The summed E-state index contributed by atoms with van der Waals surface area (Å²) in [5, 5.41) is 0.517. The minimum absolute atomic E-state index is 0.517. The SMILES string of the molecule is CCC(CN)Sc1ccc(OC)cc1. The van der Waals surface area contributed by atoms with Crippen LogP contribution < -0.4 is 10.5 Å². The van der Waals surface area contributed by atoms with Crippen LogP contribution in [0, 0.1) is 0 Å². The summed E-state index contributed by atoms with van der Waals surface area (Å²) < 4.78 is 5.09. The van der Waals surface area contributed by atoms with Gasteiger partial charge in [0.2, 0.25) is 0 Å². The van der Waals surface area contributed by atoms with E-state index in [0.717, 1.165) is 18.7 Å². The second kappa shape index (κ2) is 5.94. The van der Waals surface area contributed by atoms with Crippen molar-refractivity contribution in [1.82, 2.24) is 0 Å². The Balaban J connectivity index is 2.58. The molecule has 2 N–H and O–H groups in total. The second-order valence-electron chi connectivity index (χ2n) is 3.06. The Hall–Kier alpha value is -0.670. The number of rotatable bonds is 5. The molecule has 14 heavy (non-hydrogen) atoms. The molecule has 0 saturated carbocycles. The second-order valence-corrected chi connectivity index (χ2v) is 4.43. The lowest BCUT2D eigenvalue weighted by molar-refractivity contribution is 0.414. The fourth-order valence-corrected chi connectivity index (χ4v) is 2.09. The standard InChI is InChI=1S/C11H17NOS/c1-3-10(8-12)14-11-6-4-9(13-2)5-7-11/h4-7,10H,3,8,12H2,1-2H3. The van der Waals surface area contributed by atoms with E-state index in [9.17, 15) is 0 Å². The first-order chi connectivity index (χ1) is 6.80. The highest BCUT2D eigenvalue weighted by molar-refractivity contribution is 8.00. The van der Waals surface area contributed by atoms with Crippen LogP contribution in [0.4, 0.5) is 0 Å². The molecule has 3 heteroatoms. The molecule has 0 aromatic heterocycles. The summed E-state index contributed by atoms with van der Waals surface area (Å²) >= 11 is 1.83. The Morgan fingerprint density at radius 3 is 2.43 bits per heavy atom. The van der Waals surface area contributed by atoms with Gasteiger partial charge in [-0.15, -0.1) is 11.8 Å². The van der Waals surface area contributed by atoms with Crippen molar-refractivity contribution in [2.24, 2.45) is 5.73 Å². The molecule has 1 rings (SSSR count). The van der Waals surface area contributed by atoms with Crippen molar-refractivity contribution in [3.05, 3.63) is 24.3 Å². The van der Waals surface area contributed by atoms with Crippen LogP contribution in [0.5, 0.6) is 5.75 Å². The predicted molar refractivity (Wildman–Crippen MR) is 62.0 cm³/mol. The maximum absolute atomic E-state index is 5.64. The van der Waals surface area contributed by atoms with E-state index in [1.54, 1.807) is 7.11 Å². The zero-order valence-corrected chi connectivity index (χ0v) is 9.51. The maximum atomic E-state index is 5.64. The van der Waals surface area contributed by atoms with E-state index in [-0.39, 0.29) is 0 Å². The average molecular weight is 211 g/mol. The molecule has 1 atom stereocenters. The molecular formula is C11H17NOS. The zero-order chi connectivity index (χ0) is 10.4. The summed E-state index contributed by atoms with van der Waals surface area (Å²) in [6, 6.07) is 8.10. The number of benzene rings is 1. The fraction of sp³-hybridized carbons (Fsp3) is 0.455. The molecule has 0 bridgehead atoms. The third-order valence-electron chi connectivity index (χ3n) is 2.08. The lowest BCUT2D eigenvalue weighted by atomic mass is 10.3. The van der Waals surface area contributed by atoms with Gasteiger partial charge < -0.3 is 10.5 Å². The van der Waals surface area contributed by atoms with Gasteiger partial charge >= 0.3 is 0 Å². The summed E-state index contributed by atoms with van der Waals surface area (Å²) in [7, 11) is 1.68. The van der Waals surface area contributed by atoms with E-state index in [0.29, 0.717) is 5.25 Å². The quantitative estimate of drug-likeness (QED) is 0.760. The van der Waals surface area contributed by atoms with E-state index < -0.39 is 0 Å².